The molecule has 0 unspecified atom stereocenters. The second-order valence-corrected chi connectivity index (χ2v) is 4.51. The van der Waals surface area contributed by atoms with Gasteiger partial charge in [-0.1, -0.05) is 32.1 Å². The highest BCUT2D eigenvalue weighted by Gasteiger charge is 2.13. The lowest BCUT2D eigenvalue weighted by molar-refractivity contribution is 0.574. The van der Waals surface area contributed by atoms with Crippen LogP contribution in [0, 0.1) is 4.05 Å². The van der Waals surface area contributed by atoms with Crippen LogP contribution in [0.4, 0.5) is 0 Å². The molecule has 0 saturated heterocycles. The molecule has 0 aromatic heterocycles. The number of rotatable bonds is 1. The monoisotopic (exact) mass is 141 g/mol. The summed E-state index contributed by atoms with van der Waals surface area (Å²) in [6.07, 6.45) is 6.98. The molecule has 0 aromatic carbocycles. The van der Waals surface area contributed by atoms with Crippen LogP contribution < -0.4 is 0 Å². The quantitative estimate of drug-likeness (QED) is 0.492. The van der Waals surface area contributed by atoms with Crippen molar-refractivity contribution in [1.29, 1.82) is 0 Å². The summed E-state index contributed by atoms with van der Waals surface area (Å²) >= 11 is -0.243. The van der Waals surface area contributed by atoms with Gasteiger partial charge in [-0.05, 0) is 0 Å². The minimum Gasteiger partial charge on any atom is -0.345 e. The van der Waals surface area contributed by atoms with Gasteiger partial charge in [0.05, 0.1) is 0 Å². The van der Waals surface area contributed by atoms with Gasteiger partial charge in [0.1, 0.15) is 0 Å². The lowest BCUT2D eigenvalue weighted by Crippen LogP contribution is -2.06. The maximum atomic E-state index is 5.78. The van der Waals surface area contributed by atoms with Gasteiger partial charge in [0, 0.05) is 0 Å². The van der Waals surface area contributed by atoms with Gasteiger partial charge in [0.15, 0.2) is 0 Å². The summed E-state index contributed by atoms with van der Waals surface area (Å²) in [5.74, 6) is 0. The molecule has 0 aliphatic heterocycles. The molecule has 1 aliphatic carbocycles. The molecule has 0 bridgehead atoms. The van der Waals surface area contributed by atoms with Crippen molar-refractivity contribution in [3.05, 3.63) is 4.05 Å². The Morgan fingerprint density at radius 1 is 1.12 bits per heavy atom. The second-order valence-electron chi connectivity index (χ2n) is 2.44. The van der Waals surface area contributed by atoms with Gasteiger partial charge in [-0.3, -0.25) is 0 Å². The maximum Gasteiger partial charge on any atom is 0.505 e. The van der Waals surface area contributed by atoms with Crippen LogP contribution in [-0.4, -0.2) is 19.3 Å². The third-order valence-electron chi connectivity index (χ3n) is 1.75. The van der Waals surface area contributed by atoms with Crippen LogP contribution >= 0.6 is 9.07 Å². The SMILES string of the molecule is [Cl][Mg][C]1CCCCC1. The van der Waals surface area contributed by atoms with E-state index in [4.69, 9.17) is 9.07 Å². The predicted molar refractivity (Wildman–Crippen MR) is 37.9 cm³/mol. The summed E-state index contributed by atoms with van der Waals surface area (Å²) < 4.78 is 1.71. The van der Waals surface area contributed by atoms with Crippen molar-refractivity contribution < 1.29 is 0 Å². The van der Waals surface area contributed by atoms with Gasteiger partial charge in [0.2, 0.25) is 0 Å². The van der Waals surface area contributed by atoms with Crippen LogP contribution in [0.1, 0.15) is 32.1 Å². The van der Waals surface area contributed by atoms with E-state index in [9.17, 15) is 0 Å². The Balaban J connectivity index is 2.13. The first kappa shape index (κ1) is 7.17. The zero-order chi connectivity index (χ0) is 5.82. The van der Waals surface area contributed by atoms with E-state index in [1.807, 2.05) is 0 Å². The molecule has 0 atom stereocenters. The first-order chi connectivity index (χ1) is 3.93. The maximum absolute atomic E-state index is 5.78. The Labute approximate surface area is 64.5 Å². The lowest BCUT2D eigenvalue weighted by atomic mass is 10.00. The van der Waals surface area contributed by atoms with Gasteiger partial charge >= 0.3 is 19.3 Å². The molecule has 8 heavy (non-hydrogen) atoms. The fraction of sp³-hybridized carbons (Fsp3) is 0.833. The highest BCUT2D eigenvalue weighted by Crippen LogP contribution is 2.24. The highest BCUT2D eigenvalue weighted by molar-refractivity contribution is 6.96. The van der Waals surface area contributed by atoms with Gasteiger partial charge in [0.25, 0.3) is 0 Å². The highest BCUT2D eigenvalue weighted by atomic mass is 35.5. The zero-order valence-corrected chi connectivity index (χ0v) is 7.29. The van der Waals surface area contributed by atoms with Crippen molar-refractivity contribution >= 4 is 28.3 Å². The Morgan fingerprint density at radius 3 is 2.12 bits per heavy atom. The number of halogens is 1. The molecule has 1 rings (SSSR count). The van der Waals surface area contributed by atoms with E-state index < -0.39 is 0 Å². The number of hydrogen-bond acceptors (Lipinski definition) is 0. The molecule has 0 N–H and O–H groups in total. The molecular formula is C6H10ClMg. The van der Waals surface area contributed by atoms with E-state index in [1.54, 1.807) is 4.05 Å². The van der Waals surface area contributed by atoms with E-state index in [0.29, 0.717) is 0 Å². The van der Waals surface area contributed by atoms with Crippen molar-refractivity contribution in [1.82, 2.24) is 0 Å². The first-order valence-electron chi connectivity index (χ1n) is 3.33. The van der Waals surface area contributed by atoms with Gasteiger partial charge in [-0.25, -0.2) is 0 Å². The minimum absolute atomic E-state index is 0.243. The van der Waals surface area contributed by atoms with E-state index in [0.717, 1.165) is 0 Å². The van der Waals surface area contributed by atoms with Gasteiger partial charge < -0.3 is 9.07 Å². The lowest BCUT2D eigenvalue weighted by Gasteiger charge is -2.17. The fourth-order valence-corrected chi connectivity index (χ4v) is 2.75. The van der Waals surface area contributed by atoms with Crippen LogP contribution in [0.25, 0.3) is 0 Å². The topological polar surface area (TPSA) is 0 Å². The molecular weight excluding hydrogens is 132 g/mol. The Morgan fingerprint density at radius 2 is 1.75 bits per heavy atom. The van der Waals surface area contributed by atoms with Crippen molar-refractivity contribution in [2.45, 2.75) is 32.1 Å². The smallest absolute Gasteiger partial charge is 0.345 e. The van der Waals surface area contributed by atoms with Crippen LogP contribution in [0.2, 0.25) is 0 Å². The summed E-state index contributed by atoms with van der Waals surface area (Å²) in [5, 5.41) is 0. The standard InChI is InChI=1S/C6H10.ClH.Mg/c1-2-4-6-5-3-1;;/h1-5H2;1H;/q;;+1/p-1. The average Bonchev–Trinajstić information content (AvgIpc) is 1.90. The fourth-order valence-electron chi connectivity index (χ4n) is 1.19. The molecule has 0 nitrogen and oxygen atoms in total. The predicted octanol–water partition coefficient (Wildman–Crippen LogP) is 2.34. The largest absolute Gasteiger partial charge is 0.505 e. The third kappa shape index (κ3) is 2.12. The van der Waals surface area contributed by atoms with Crippen molar-refractivity contribution in [3.8, 4) is 0 Å². The molecule has 0 amide bonds. The van der Waals surface area contributed by atoms with Gasteiger partial charge in [-0.2, -0.15) is 0 Å². The van der Waals surface area contributed by atoms with Crippen LogP contribution in [-0.2, 0) is 0 Å². The Kier molecular flexibility index (Phi) is 3.55. The normalized spacial score (nSPS) is 22.6. The first-order valence-corrected chi connectivity index (χ1v) is 6.17. The van der Waals surface area contributed by atoms with Crippen molar-refractivity contribution in [2.75, 3.05) is 0 Å². The van der Waals surface area contributed by atoms with Gasteiger partial charge in [-0.15, -0.1) is 4.05 Å². The van der Waals surface area contributed by atoms with E-state index >= 15 is 0 Å². The molecule has 1 radical (unpaired) electrons. The Hall–Kier alpha value is 1.06. The zero-order valence-electron chi connectivity index (χ0n) is 5.12. The summed E-state index contributed by atoms with van der Waals surface area (Å²) in [6.45, 7) is 0. The molecule has 0 spiro atoms. The molecule has 1 fully saturated rings. The molecule has 0 aromatic rings. The van der Waals surface area contributed by atoms with E-state index in [-0.39, 0.29) is 19.3 Å². The second kappa shape index (κ2) is 3.97. The summed E-state index contributed by atoms with van der Waals surface area (Å²) in [4.78, 5) is 0. The summed E-state index contributed by atoms with van der Waals surface area (Å²) in [7, 11) is 5.78. The minimum atomic E-state index is -0.243. The van der Waals surface area contributed by atoms with E-state index in [2.05, 4.69) is 0 Å². The molecule has 43 valence electrons. The molecule has 1 saturated carbocycles. The van der Waals surface area contributed by atoms with Crippen molar-refractivity contribution in [3.63, 3.8) is 0 Å². The summed E-state index contributed by atoms with van der Waals surface area (Å²) in [6, 6.07) is 0. The van der Waals surface area contributed by atoms with E-state index in [1.165, 1.54) is 32.1 Å². The summed E-state index contributed by atoms with van der Waals surface area (Å²) in [5.41, 5.74) is 0. The average molecular weight is 142 g/mol. The Bertz CT molecular complexity index is 59.5. The van der Waals surface area contributed by atoms with Crippen LogP contribution in [0.5, 0.6) is 0 Å². The van der Waals surface area contributed by atoms with Crippen LogP contribution in [0.3, 0.4) is 0 Å². The molecule has 2 heteroatoms. The van der Waals surface area contributed by atoms with Crippen molar-refractivity contribution in [2.24, 2.45) is 0 Å². The third-order valence-corrected chi connectivity index (χ3v) is 3.97. The molecule has 0 heterocycles. The van der Waals surface area contributed by atoms with Crippen LogP contribution in [0.15, 0.2) is 0 Å². The number of hydrogen-bond donors (Lipinski definition) is 0. The molecule has 1 aliphatic rings.